The van der Waals surface area contributed by atoms with Gasteiger partial charge in [0.25, 0.3) is 0 Å². The SMILES string of the molecule is COc1ccc2[nH]cc(CCNC(=O)CCCNc3ccc4c(cc3=O)C(NC(C)=O)CCc3cc(OC)c(OC)c(OC)c3-4)c2c1. The lowest BCUT2D eigenvalue weighted by atomic mass is 9.95. The highest BCUT2D eigenvalue weighted by molar-refractivity contribution is 5.85. The molecule has 2 amide bonds. The number of nitrogens with one attached hydrogen (secondary N) is 4. The molecule has 1 heterocycles. The number of fused-ring (bicyclic) bond motifs is 4. The van der Waals surface area contributed by atoms with Gasteiger partial charge in [-0.3, -0.25) is 14.4 Å². The predicted molar refractivity (Wildman–Crippen MR) is 182 cm³/mol. The number of carbonyl (C=O) groups excluding carboxylic acids is 2. The summed E-state index contributed by atoms with van der Waals surface area (Å²) in [6.45, 7) is 2.41. The van der Waals surface area contributed by atoms with Gasteiger partial charge in [-0.2, -0.15) is 0 Å². The van der Waals surface area contributed by atoms with Crippen molar-refractivity contribution >= 4 is 28.4 Å². The minimum absolute atomic E-state index is 0.0527. The van der Waals surface area contributed by atoms with Crippen LogP contribution in [-0.4, -0.2) is 58.3 Å². The Balaban J connectivity index is 1.28. The molecule has 4 N–H and O–H groups in total. The highest BCUT2D eigenvalue weighted by Crippen LogP contribution is 2.50. The zero-order valence-corrected chi connectivity index (χ0v) is 27.5. The second-order valence-electron chi connectivity index (χ2n) is 11.5. The number of ether oxygens (including phenoxy) is 4. The van der Waals surface area contributed by atoms with Crippen LogP contribution in [0.5, 0.6) is 23.0 Å². The van der Waals surface area contributed by atoms with Crippen LogP contribution in [-0.2, 0) is 22.4 Å². The number of hydrogen-bond acceptors (Lipinski definition) is 8. The minimum Gasteiger partial charge on any atom is -0.497 e. The van der Waals surface area contributed by atoms with Gasteiger partial charge in [-0.25, -0.2) is 0 Å². The molecule has 0 saturated carbocycles. The smallest absolute Gasteiger partial charge is 0.220 e. The van der Waals surface area contributed by atoms with Crippen molar-refractivity contribution < 1.29 is 28.5 Å². The Kier molecular flexibility index (Phi) is 10.5. The Morgan fingerprint density at radius 2 is 1.74 bits per heavy atom. The molecular formula is C36H42N4O7. The zero-order chi connectivity index (χ0) is 33.5. The molecule has 0 saturated heterocycles. The summed E-state index contributed by atoms with van der Waals surface area (Å²) in [6, 6.07) is 12.6. The van der Waals surface area contributed by atoms with Crippen molar-refractivity contribution in [3.05, 3.63) is 75.6 Å². The molecule has 0 fully saturated rings. The van der Waals surface area contributed by atoms with E-state index < -0.39 is 0 Å². The van der Waals surface area contributed by atoms with E-state index in [0.29, 0.717) is 73.7 Å². The maximum absolute atomic E-state index is 13.5. The lowest BCUT2D eigenvalue weighted by Crippen LogP contribution is -2.26. The Morgan fingerprint density at radius 1 is 0.936 bits per heavy atom. The highest BCUT2D eigenvalue weighted by atomic mass is 16.5. The molecule has 4 aromatic rings. The maximum atomic E-state index is 13.5. The van der Waals surface area contributed by atoms with Gasteiger partial charge in [-0.05, 0) is 84.3 Å². The molecule has 1 aliphatic carbocycles. The number of rotatable bonds is 13. The topological polar surface area (TPSA) is 140 Å². The average Bonchev–Trinajstić information content (AvgIpc) is 3.32. The Hall–Kier alpha value is -5.19. The molecule has 1 atom stereocenters. The van der Waals surface area contributed by atoms with E-state index >= 15 is 0 Å². The quantitative estimate of drug-likeness (QED) is 0.151. The van der Waals surface area contributed by atoms with Gasteiger partial charge in [-0.1, -0.05) is 6.07 Å². The zero-order valence-electron chi connectivity index (χ0n) is 27.5. The van der Waals surface area contributed by atoms with Gasteiger partial charge in [0.2, 0.25) is 23.0 Å². The van der Waals surface area contributed by atoms with Crippen molar-refractivity contribution in [2.45, 2.75) is 45.1 Å². The fraction of sp³-hybridized carbons (Fsp3) is 0.361. The molecule has 5 rings (SSSR count). The Bertz CT molecular complexity index is 1830. The van der Waals surface area contributed by atoms with Gasteiger partial charge >= 0.3 is 0 Å². The molecule has 47 heavy (non-hydrogen) atoms. The van der Waals surface area contributed by atoms with Crippen LogP contribution < -0.4 is 40.3 Å². The molecular weight excluding hydrogens is 600 g/mol. The second-order valence-corrected chi connectivity index (χ2v) is 11.5. The van der Waals surface area contributed by atoms with Crippen molar-refractivity contribution in [2.24, 2.45) is 0 Å². The van der Waals surface area contributed by atoms with Crippen molar-refractivity contribution in [3.8, 4) is 34.1 Å². The van der Waals surface area contributed by atoms with Crippen molar-refractivity contribution in [1.82, 2.24) is 15.6 Å². The first-order chi connectivity index (χ1) is 22.8. The molecule has 0 bridgehead atoms. The number of aromatic amines is 1. The summed E-state index contributed by atoms with van der Waals surface area (Å²) < 4.78 is 22.4. The lowest BCUT2D eigenvalue weighted by Gasteiger charge is -2.19. The standard InChI is InChI=1S/C36H42N4O7/c1-21(41)40-29-11-8-22-17-32(45-3)35(46-4)36(47-5)34(22)25-10-13-30(31(42)19-27(25)29)37-15-6-7-33(43)38-16-14-23-20-39-28-12-9-24(44-2)18-26(23)28/h9-10,12-13,17-20,29,39H,6-8,11,14-16H2,1-5H3,(H,37,42)(H,38,43)(H,40,41). The number of hydrogen-bond donors (Lipinski definition) is 4. The molecule has 0 radical (unpaired) electrons. The fourth-order valence-corrected chi connectivity index (χ4v) is 6.24. The first-order valence-corrected chi connectivity index (χ1v) is 15.7. The van der Waals surface area contributed by atoms with Crippen LogP contribution in [0.3, 0.4) is 0 Å². The minimum atomic E-state index is -0.389. The van der Waals surface area contributed by atoms with E-state index in [4.69, 9.17) is 18.9 Å². The number of methoxy groups -OCH3 is 4. The second kappa shape index (κ2) is 14.9. The number of benzene rings is 2. The summed E-state index contributed by atoms with van der Waals surface area (Å²) in [5, 5.41) is 10.3. The first-order valence-electron chi connectivity index (χ1n) is 15.7. The first kappa shape index (κ1) is 33.2. The summed E-state index contributed by atoms with van der Waals surface area (Å²) in [5.41, 5.74) is 5.51. The fourth-order valence-electron chi connectivity index (χ4n) is 6.24. The predicted octanol–water partition coefficient (Wildman–Crippen LogP) is 4.90. The van der Waals surface area contributed by atoms with Gasteiger partial charge < -0.3 is 39.9 Å². The van der Waals surface area contributed by atoms with Crippen LogP contribution >= 0.6 is 0 Å². The molecule has 0 aliphatic heterocycles. The van der Waals surface area contributed by atoms with E-state index in [1.807, 2.05) is 36.5 Å². The van der Waals surface area contributed by atoms with Crippen LogP contribution in [0.2, 0.25) is 0 Å². The van der Waals surface area contributed by atoms with Crippen molar-refractivity contribution in [1.29, 1.82) is 0 Å². The van der Waals surface area contributed by atoms with Gasteiger partial charge in [0, 0.05) is 49.1 Å². The summed E-state index contributed by atoms with van der Waals surface area (Å²) in [6.07, 6.45) is 4.70. The molecule has 1 aromatic heterocycles. The summed E-state index contributed by atoms with van der Waals surface area (Å²) >= 11 is 0. The third kappa shape index (κ3) is 7.29. The van der Waals surface area contributed by atoms with Crippen molar-refractivity contribution in [2.75, 3.05) is 46.8 Å². The molecule has 11 nitrogen and oxygen atoms in total. The van der Waals surface area contributed by atoms with Crippen LogP contribution in [0.15, 0.2) is 53.5 Å². The van der Waals surface area contributed by atoms with E-state index in [0.717, 1.165) is 38.9 Å². The van der Waals surface area contributed by atoms with E-state index in [1.54, 1.807) is 40.6 Å². The van der Waals surface area contributed by atoms with E-state index in [-0.39, 0.29) is 23.3 Å². The van der Waals surface area contributed by atoms with E-state index in [1.165, 1.54) is 6.92 Å². The van der Waals surface area contributed by atoms with Gasteiger partial charge in [-0.15, -0.1) is 0 Å². The van der Waals surface area contributed by atoms with E-state index in [2.05, 4.69) is 20.9 Å². The number of carbonyl (C=O) groups is 2. The van der Waals surface area contributed by atoms with Crippen LogP contribution in [0, 0.1) is 0 Å². The lowest BCUT2D eigenvalue weighted by molar-refractivity contribution is -0.121. The molecule has 248 valence electrons. The van der Waals surface area contributed by atoms with Gasteiger partial charge in [0.1, 0.15) is 5.75 Å². The molecule has 0 spiro atoms. The van der Waals surface area contributed by atoms with Gasteiger partial charge in [0.15, 0.2) is 11.5 Å². The summed E-state index contributed by atoms with van der Waals surface area (Å²) in [4.78, 5) is 41.5. The van der Waals surface area contributed by atoms with Crippen molar-refractivity contribution in [3.63, 3.8) is 0 Å². The Labute approximate surface area is 274 Å². The number of anilines is 1. The molecule has 1 unspecified atom stereocenters. The third-order valence-electron chi connectivity index (χ3n) is 8.50. The number of aryl methyl sites for hydroxylation is 1. The third-order valence-corrected chi connectivity index (χ3v) is 8.50. The van der Waals surface area contributed by atoms with E-state index in [9.17, 15) is 14.4 Å². The average molecular weight is 643 g/mol. The van der Waals surface area contributed by atoms with Crippen LogP contribution in [0.4, 0.5) is 5.69 Å². The normalized spacial score (nSPS) is 13.5. The summed E-state index contributed by atoms with van der Waals surface area (Å²) in [5.74, 6) is 2.03. The van der Waals surface area contributed by atoms with Crippen LogP contribution in [0.1, 0.15) is 48.9 Å². The molecule has 3 aromatic carbocycles. The highest BCUT2D eigenvalue weighted by Gasteiger charge is 2.29. The number of amides is 2. The molecule has 1 aliphatic rings. The van der Waals surface area contributed by atoms with Crippen LogP contribution in [0.25, 0.3) is 22.0 Å². The number of aromatic nitrogens is 1. The maximum Gasteiger partial charge on any atom is 0.220 e. The Morgan fingerprint density at radius 3 is 2.47 bits per heavy atom. The summed E-state index contributed by atoms with van der Waals surface area (Å²) in [7, 11) is 6.33. The number of H-pyrrole nitrogens is 1. The largest absolute Gasteiger partial charge is 0.497 e. The van der Waals surface area contributed by atoms with Gasteiger partial charge in [0.05, 0.1) is 40.2 Å². The monoisotopic (exact) mass is 642 g/mol. The molecule has 11 heteroatoms.